The number of imidazole rings is 1. The normalized spacial score (nSPS) is 10.8. The highest BCUT2D eigenvalue weighted by Gasteiger charge is 1.99. The molecule has 0 aliphatic carbocycles. The number of hydrogen-bond donors (Lipinski definition) is 1. The van der Waals surface area contributed by atoms with Crippen molar-refractivity contribution in [2.75, 3.05) is 6.54 Å². The molecule has 1 N–H and O–H groups in total. The Morgan fingerprint density at radius 2 is 2.06 bits per heavy atom. The van der Waals surface area contributed by atoms with Crippen LogP contribution >= 0.6 is 22.6 Å². The minimum atomic E-state index is 0.855. The molecule has 0 unspecified atom stereocenters. The summed E-state index contributed by atoms with van der Waals surface area (Å²) in [5.74, 6) is 0. The Kier molecular flexibility index (Phi) is 5.19. The van der Waals surface area contributed by atoms with Gasteiger partial charge in [0.05, 0.1) is 12.0 Å². The van der Waals surface area contributed by atoms with Crippen LogP contribution in [0.1, 0.15) is 24.6 Å². The summed E-state index contributed by atoms with van der Waals surface area (Å²) < 4.78 is 3.40. The fourth-order valence-electron chi connectivity index (χ4n) is 1.78. The number of aromatic nitrogens is 2. The molecule has 96 valence electrons. The SMILES string of the molecule is CCCNCc1cn(Cc2ccc(I)cc2)cn1. The molecule has 3 nitrogen and oxygen atoms in total. The minimum absolute atomic E-state index is 0.855. The molecule has 1 aromatic heterocycles. The molecule has 0 saturated carbocycles. The standard InChI is InChI=1S/C14H18IN3/c1-2-7-16-8-14-10-18(11-17-14)9-12-3-5-13(15)6-4-12/h3-6,10-11,16H,2,7-9H2,1H3. The lowest BCUT2D eigenvalue weighted by Crippen LogP contribution is -2.13. The minimum Gasteiger partial charge on any atom is -0.333 e. The van der Waals surface area contributed by atoms with E-state index < -0.39 is 0 Å². The summed E-state index contributed by atoms with van der Waals surface area (Å²) >= 11 is 2.32. The van der Waals surface area contributed by atoms with Gasteiger partial charge in [-0.15, -0.1) is 0 Å². The molecule has 1 aromatic carbocycles. The summed E-state index contributed by atoms with van der Waals surface area (Å²) in [6.45, 7) is 4.96. The van der Waals surface area contributed by atoms with Gasteiger partial charge in [0.2, 0.25) is 0 Å². The molecular weight excluding hydrogens is 337 g/mol. The highest BCUT2D eigenvalue weighted by Crippen LogP contribution is 2.08. The topological polar surface area (TPSA) is 29.9 Å². The number of nitrogens with one attached hydrogen (secondary N) is 1. The molecule has 0 aliphatic rings. The molecule has 0 saturated heterocycles. The summed E-state index contributed by atoms with van der Waals surface area (Å²) in [4.78, 5) is 4.40. The van der Waals surface area contributed by atoms with Gasteiger partial charge in [-0.25, -0.2) is 4.98 Å². The Labute approximate surface area is 122 Å². The van der Waals surface area contributed by atoms with E-state index in [1.807, 2.05) is 6.33 Å². The van der Waals surface area contributed by atoms with Gasteiger partial charge in [0.15, 0.2) is 0 Å². The van der Waals surface area contributed by atoms with Crippen molar-refractivity contribution >= 4 is 22.6 Å². The van der Waals surface area contributed by atoms with Crippen molar-refractivity contribution in [1.82, 2.24) is 14.9 Å². The van der Waals surface area contributed by atoms with E-state index >= 15 is 0 Å². The van der Waals surface area contributed by atoms with E-state index in [2.05, 4.69) is 74.8 Å². The van der Waals surface area contributed by atoms with E-state index in [1.54, 1.807) is 0 Å². The molecule has 4 heteroatoms. The molecular formula is C14H18IN3. The predicted octanol–water partition coefficient (Wildman–Crippen LogP) is 3.04. The van der Waals surface area contributed by atoms with Crippen LogP contribution in [0.2, 0.25) is 0 Å². The first-order valence-electron chi connectivity index (χ1n) is 6.23. The van der Waals surface area contributed by atoms with E-state index in [1.165, 1.54) is 9.13 Å². The summed E-state index contributed by atoms with van der Waals surface area (Å²) in [5, 5.41) is 3.36. The summed E-state index contributed by atoms with van der Waals surface area (Å²) in [7, 11) is 0. The maximum Gasteiger partial charge on any atom is 0.0953 e. The lowest BCUT2D eigenvalue weighted by atomic mass is 10.2. The van der Waals surface area contributed by atoms with Crippen LogP contribution in [0.15, 0.2) is 36.8 Å². The largest absolute Gasteiger partial charge is 0.333 e. The van der Waals surface area contributed by atoms with Crippen LogP contribution in [0.25, 0.3) is 0 Å². The molecule has 0 spiro atoms. The molecule has 1 heterocycles. The zero-order valence-electron chi connectivity index (χ0n) is 10.6. The van der Waals surface area contributed by atoms with Crippen LogP contribution in [-0.4, -0.2) is 16.1 Å². The van der Waals surface area contributed by atoms with Crippen LogP contribution < -0.4 is 5.32 Å². The van der Waals surface area contributed by atoms with E-state index in [0.29, 0.717) is 0 Å². The van der Waals surface area contributed by atoms with Gasteiger partial charge in [-0.2, -0.15) is 0 Å². The highest BCUT2D eigenvalue weighted by atomic mass is 127. The average molecular weight is 355 g/mol. The number of hydrogen-bond acceptors (Lipinski definition) is 2. The molecule has 0 amide bonds. The predicted molar refractivity (Wildman–Crippen MR) is 82.5 cm³/mol. The van der Waals surface area contributed by atoms with Gasteiger partial charge in [-0.3, -0.25) is 0 Å². The summed E-state index contributed by atoms with van der Waals surface area (Å²) in [6, 6.07) is 8.60. The molecule has 0 fully saturated rings. The average Bonchev–Trinajstić information content (AvgIpc) is 2.80. The Balaban J connectivity index is 1.91. The molecule has 0 radical (unpaired) electrons. The molecule has 2 rings (SSSR count). The first kappa shape index (κ1) is 13.5. The Morgan fingerprint density at radius 3 is 2.78 bits per heavy atom. The zero-order chi connectivity index (χ0) is 12.8. The van der Waals surface area contributed by atoms with E-state index in [9.17, 15) is 0 Å². The number of rotatable bonds is 6. The number of nitrogens with zero attached hydrogens (tertiary/aromatic N) is 2. The van der Waals surface area contributed by atoms with E-state index in [4.69, 9.17) is 0 Å². The van der Waals surface area contributed by atoms with Gasteiger partial charge >= 0.3 is 0 Å². The van der Waals surface area contributed by atoms with Crippen LogP contribution in [0.4, 0.5) is 0 Å². The monoisotopic (exact) mass is 355 g/mol. The Hall–Kier alpha value is -0.880. The number of halogens is 1. The van der Waals surface area contributed by atoms with E-state index in [-0.39, 0.29) is 0 Å². The first-order chi connectivity index (χ1) is 8.78. The molecule has 0 aliphatic heterocycles. The lowest BCUT2D eigenvalue weighted by Gasteiger charge is -2.02. The van der Waals surface area contributed by atoms with Gasteiger partial charge in [0, 0.05) is 22.9 Å². The van der Waals surface area contributed by atoms with Gasteiger partial charge in [-0.05, 0) is 53.3 Å². The lowest BCUT2D eigenvalue weighted by molar-refractivity contribution is 0.665. The van der Waals surface area contributed by atoms with Crippen LogP contribution in [0, 0.1) is 3.57 Å². The van der Waals surface area contributed by atoms with Crippen LogP contribution in [0.5, 0.6) is 0 Å². The fraction of sp³-hybridized carbons (Fsp3) is 0.357. The Bertz CT molecular complexity index is 476. The van der Waals surface area contributed by atoms with Gasteiger partial charge in [0.1, 0.15) is 0 Å². The summed E-state index contributed by atoms with van der Waals surface area (Å²) in [5.41, 5.74) is 2.41. The fourth-order valence-corrected chi connectivity index (χ4v) is 2.14. The maximum absolute atomic E-state index is 4.40. The molecule has 18 heavy (non-hydrogen) atoms. The van der Waals surface area contributed by atoms with Gasteiger partial charge in [-0.1, -0.05) is 19.1 Å². The van der Waals surface area contributed by atoms with Crippen LogP contribution in [0.3, 0.4) is 0 Å². The third kappa shape index (κ3) is 4.10. The van der Waals surface area contributed by atoms with Crippen molar-refractivity contribution in [2.24, 2.45) is 0 Å². The number of benzene rings is 1. The van der Waals surface area contributed by atoms with Gasteiger partial charge < -0.3 is 9.88 Å². The second-order valence-electron chi connectivity index (χ2n) is 4.34. The van der Waals surface area contributed by atoms with Crippen LogP contribution in [-0.2, 0) is 13.1 Å². The van der Waals surface area contributed by atoms with Crippen molar-refractivity contribution in [3.63, 3.8) is 0 Å². The zero-order valence-corrected chi connectivity index (χ0v) is 12.7. The molecule has 2 aromatic rings. The first-order valence-corrected chi connectivity index (χ1v) is 7.31. The maximum atomic E-state index is 4.40. The van der Waals surface area contributed by atoms with Crippen molar-refractivity contribution in [2.45, 2.75) is 26.4 Å². The molecule has 0 bridgehead atoms. The smallest absolute Gasteiger partial charge is 0.0953 e. The van der Waals surface area contributed by atoms with Crippen molar-refractivity contribution in [3.8, 4) is 0 Å². The third-order valence-corrected chi connectivity index (χ3v) is 3.42. The quantitative estimate of drug-likeness (QED) is 0.638. The molecule has 0 atom stereocenters. The summed E-state index contributed by atoms with van der Waals surface area (Å²) in [6.07, 6.45) is 5.17. The highest BCUT2D eigenvalue weighted by molar-refractivity contribution is 14.1. The second-order valence-corrected chi connectivity index (χ2v) is 5.59. The Morgan fingerprint density at radius 1 is 1.28 bits per heavy atom. The van der Waals surface area contributed by atoms with Crippen molar-refractivity contribution in [3.05, 3.63) is 51.6 Å². The second kappa shape index (κ2) is 6.89. The van der Waals surface area contributed by atoms with E-state index in [0.717, 1.165) is 31.7 Å². The van der Waals surface area contributed by atoms with Crippen molar-refractivity contribution < 1.29 is 0 Å². The van der Waals surface area contributed by atoms with Gasteiger partial charge in [0.25, 0.3) is 0 Å². The van der Waals surface area contributed by atoms with Crippen molar-refractivity contribution in [1.29, 1.82) is 0 Å². The third-order valence-electron chi connectivity index (χ3n) is 2.70.